The van der Waals surface area contributed by atoms with Gasteiger partial charge in [-0.3, -0.25) is 4.52 Å². The third-order valence-electron chi connectivity index (χ3n) is 6.27. The fourth-order valence-electron chi connectivity index (χ4n) is 3.80. The van der Waals surface area contributed by atoms with E-state index in [0.717, 1.165) is 35.1 Å². The lowest BCUT2D eigenvalue weighted by molar-refractivity contribution is -0.154. The van der Waals surface area contributed by atoms with Gasteiger partial charge in [0.15, 0.2) is 6.10 Å². The van der Waals surface area contributed by atoms with Gasteiger partial charge in [-0.05, 0) is 28.7 Å². The summed E-state index contributed by atoms with van der Waals surface area (Å²) in [5.41, 5.74) is 3.83. The first kappa shape index (κ1) is 34.8. The Kier molecular flexibility index (Phi) is 16.2. The van der Waals surface area contributed by atoms with Crippen LogP contribution in [0.3, 0.4) is 0 Å². The highest BCUT2D eigenvalue weighted by molar-refractivity contribution is 7.42. The quantitative estimate of drug-likeness (QED) is 0.0502. The Hall–Kier alpha value is -3.03. The maximum Gasteiger partial charge on any atom is 0.338 e. The van der Waals surface area contributed by atoms with Crippen LogP contribution < -0.4 is 0 Å². The summed E-state index contributed by atoms with van der Waals surface area (Å²) in [4.78, 5) is 13.3. The van der Waals surface area contributed by atoms with Crippen molar-refractivity contribution in [3.63, 3.8) is 0 Å². The topological polar surface area (TPSA) is 81.7 Å². The molecule has 0 spiro atoms. The molecule has 4 aromatic rings. The molecule has 0 aliphatic heterocycles. The van der Waals surface area contributed by atoms with Gasteiger partial charge in [0, 0.05) is 0 Å². The first-order valence-corrected chi connectivity index (χ1v) is 17.1. The summed E-state index contributed by atoms with van der Waals surface area (Å²) in [5, 5.41) is 0. The van der Waals surface area contributed by atoms with Crippen LogP contribution in [0.4, 0.5) is 0 Å². The average Bonchev–Trinajstić information content (AvgIpc) is 3.10. The van der Waals surface area contributed by atoms with Crippen LogP contribution in [0.1, 0.15) is 42.0 Å². The fourth-order valence-corrected chi connectivity index (χ4v) is 5.85. The SMILES string of the molecule is CCCCOC(=O)[C@@H](COP(OCc1ccccc1)OCc1ccccc1)OP(OCc1ccccc1)OCc1ccccc1. The molecule has 0 aliphatic carbocycles. The van der Waals surface area contributed by atoms with Crippen LogP contribution in [0.2, 0.25) is 0 Å². The average molecular weight is 651 g/mol. The largest absolute Gasteiger partial charge is 0.464 e. The molecule has 45 heavy (non-hydrogen) atoms. The van der Waals surface area contributed by atoms with Crippen molar-refractivity contribution in [2.24, 2.45) is 0 Å². The predicted molar refractivity (Wildman–Crippen MR) is 175 cm³/mol. The Morgan fingerprint density at radius 3 is 1.31 bits per heavy atom. The molecular weight excluding hydrogens is 610 g/mol. The molecule has 0 bridgehead atoms. The number of hydrogen-bond acceptors (Lipinski definition) is 8. The number of unbranched alkanes of at least 4 members (excludes halogenated alkanes) is 1. The Bertz CT molecular complexity index is 1250. The summed E-state index contributed by atoms with van der Waals surface area (Å²) in [6.45, 7) is 3.16. The molecular formula is C35H40O8P2. The number of carbonyl (C=O) groups excluding carboxylic acids is 1. The highest BCUT2D eigenvalue weighted by atomic mass is 31.2. The number of rotatable bonds is 21. The highest BCUT2D eigenvalue weighted by Crippen LogP contribution is 2.46. The molecule has 0 fully saturated rings. The molecule has 0 aliphatic rings. The molecule has 1 atom stereocenters. The van der Waals surface area contributed by atoms with Crippen LogP contribution in [-0.4, -0.2) is 25.3 Å². The van der Waals surface area contributed by atoms with Gasteiger partial charge in [0.05, 0.1) is 39.6 Å². The Morgan fingerprint density at radius 2 is 0.933 bits per heavy atom. The van der Waals surface area contributed by atoms with Gasteiger partial charge in [0.1, 0.15) is 0 Å². The second-order valence-electron chi connectivity index (χ2n) is 9.89. The van der Waals surface area contributed by atoms with E-state index in [9.17, 15) is 4.79 Å². The number of benzene rings is 4. The van der Waals surface area contributed by atoms with E-state index in [-0.39, 0.29) is 39.6 Å². The van der Waals surface area contributed by atoms with Gasteiger partial charge in [0.25, 0.3) is 0 Å². The standard InChI is InChI=1S/C35H40O8P2/c1-2-3-24-37-35(36)34(43-45(40-27-32-20-12-6-13-21-32)41-28-33-22-14-7-15-23-33)29-42-44(38-25-30-16-8-4-9-17-30)39-26-31-18-10-5-11-19-31/h4-23,34H,2-3,24-29H2,1H3/t34-/m1/s1. The summed E-state index contributed by atoms with van der Waals surface area (Å²) < 4.78 is 42.1. The van der Waals surface area contributed by atoms with Crippen LogP contribution in [0.5, 0.6) is 0 Å². The summed E-state index contributed by atoms with van der Waals surface area (Å²) >= 11 is 0. The van der Waals surface area contributed by atoms with E-state index in [1.165, 1.54) is 0 Å². The van der Waals surface area contributed by atoms with Crippen molar-refractivity contribution >= 4 is 23.2 Å². The van der Waals surface area contributed by atoms with E-state index in [4.69, 9.17) is 31.9 Å². The van der Waals surface area contributed by atoms with Crippen LogP contribution in [0.15, 0.2) is 121 Å². The van der Waals surface area contributed by atoms with Crippen molar-refractivity contribution < 1.29 is 36.7 Å². The van der Waals surface area contributed by atoms with E-state index in [1.807, 2.05) is 128 Å². The lowest BCUT2D eigenvalue weighted by Gasteiger charge is -2.24. The zero-order valence-electron chi connectivity index (χ0n) is 25.4. The zero-order chi connectivity index (χ0) is 31.4. The minimum Gasteiger partial charge on any atom is -0.464 e. The molecule has 4 rings (SSSR count). The molecule has 8 nitrogen and oxygen atoms in total. The van der Waals surface area contributed by atoms with Gasteiger partial charge in [-0.25, -0.2) is 4.79 Å². The highest BCUT2D eigenvalue weighted by Gasteiger charge is 2.30. The third kappa shape index (κ3) is 13.9. The second-order valence-corrected chi connectivity index (χ2v) is 12.3. The first-order valence-electron chi connectivity index (χ1n) is 14.9. The molecule has 0 radical (unpaired) electrons. The van der Waals surface area contributed by atoms with Crippen molar-refractivity contribution in [1.29, 1.82) is 0 Å². The van der Waals surface area contributed by atoms with Crippen molar-refractivity contribution in [1.82, 2.24) is 0 Å². The van der Waals surface area contributed by atoms with Gasteiger partial charge >= 0.3 is 23.2 Å². The minimum absolute atomic E-state index is 0.178. The van der Waals surface area contributed by atoms with Crippen LogP contribution in [-0.2, 0) is 63.1 Å². The minimum atomic E-state index is -1.97. The lowest BCUT2D eigenvalue weighted by atomic mass is 10.2. The monoisotopic (exact) mass is 650 g/mol. The fraction of sp³-hybridized carbons (Fsp3) is 0.286. The zero-order valence-corrected chi connectivity index (χ0v) is 27.2. The molecule has 4 aromatic carbocycles. The van der Waals surface area contributed by atoms with Gasteiger partial charge < -0.3 is 27.4 Å². The molecule has 0 aromatic heterocycles. The predicted octanol–water partition coefficient (Wildman–Crippen LogP) is 9.05. The summed E-state index contributed by atoms with van der Waals surface area (Å²) in [7, 11) is -3.83. The van der Waals surface area contributed by atoms with Gasteiger partial charge in [-0.15, -0.1) is 0 Å². The van der Waals surface area contributed by atoms with E-state index in [1.54, 1.807) is 0 Å². The van der Waals surface area contributed by atoms with Crippen molar-refractivity contribution in [3.8, 4) is 0 Å². The molecule has 10 heteroatoms. The third-order valence-corrected chi connectivity index (χ3v) is 8.41. The number of ether oxygens (including phenoxy) is 1. The molecule has 0 N–H and O–H groups in total. The van der Waals surface area contributed by atoms with E-state index in [0.29, 0.717) is 0 Å². The van der Waals surface area contributed by atoms with Crippen molar-refractivity contribution in [2.75, 3.05) is 13.2 Å². The van der Waals surface area contributed by atoms with E-state index in [2.05, 4.69) is 0 Å². The van der Waals surface area contributed by atoms with Crippen LogP contribution in [0.25, 0.3) is 0 Å². The number of hydrogen-bond donors (Lipinski definition) is 0. The van der Waals surface area contributed by atoms with Gasteiger partial charge in [-0.1, -0.05) is 135 Å². The Balaban J connectivity index is 1.45. The lowest BCUT2D eigenvalue weighted by Crippen LogP contribution is -2.30. The molecule has 0 amide bonds. The molecule has 0 saturated heterocycles. The van der Waals surface area contributed by atoms with Gasteiger partial charge in [-0.2, -0.15) is 0 Å². The molecule has 0 saturated carbocycles. The Morgan fingerprint density at radius 1 is 0.556 bits per heavy atom. The van der Waals surface area contributed by atoms with E-state index < -0.39 is 29.3 Å². The molecule has 0 heterocycles. The van der Waals surface area contributed by atoms with Gasteiger partial charge in [0.2, 0.25) is 0 Å². The number of esters is 1. The normalized spacial score (nSPS) is 12.0. The summed E-state index contributed by atoms with van der Waals surface area (Å²) in [6.07, 6.45) is 0.481. The maximum atomic E-state index is 13.3. The maximum absolute atomic E-state index is 13.3. The second kappa shape index (κ2) is 20.9. The van der Waals surface area contributed by atoms with Crippen molar-refractivity contribution in [2.45, 2.75) is 52.3 Å². The first-order chi connectivity index (χ1) is 22.2. The van der Waals surface area contributed by atoms with Crippen molar-refractivity contribution in [3.05, 3.63) is 144 Å². The van der Waals surface area contributed by atoms with E-state index >= 15 is 0 Å². The molecule has 238 valence electrons. The summed E-state index contributed by atoms with van der Waals surface area (Å²) in [5.74, 6) is -0.566. The summed E-state index contributed by atoms with van der Waals surface area (Å²) in [6, 6.07) is 38.9. The molecule has 0 unspecified atom stereocenters. The van der Waals surface area contributed by atoms with Crippen LogP contribution in [0, 0.1) is 0 Å². The van der Waals surface area contributed by atoms with Crippen LogP contribution >= 0.6 is 17.2 Å². The number of carbonyl (C=O) groups is 1. The smallest absolute Gasteiger partial charge is 0.338 e. The Labute approximate surface area is 268 Å².